The summed E-state index contributed by atoms with van der Waals surface area (Å²) in [6.07, 6.45) is 1.18. The molecule has 1 saturated carbocycles. The van der Waals surface area contributed by atoms with Crippen molar-refractivity contribution in [2.75, 3.05) is 6.61 Å². The average molecular weight is 258 g/mol. The summed E-state index contributed by atoms with van der Waals surface area (Å²) in [5.41, 5.74) is -0.201. The van der Waals surface area contributed by atoms with Crippen molar-refractivity contribution in [2.24, 2.45) is 0 Å². The molecule has 0 N–H and O–H groups in total. The highest BCUT2D eigenvalue weighted by atomic mass is 32.2. The Morgan fingerprint density at radius 3 is 2.41 bits per heavy atom. The number of aryl methyl sites for hydroxylation is 1. The van der Waals surface area contributed by atoms with Gasteiger partial charge in [0.05, 0.1) is 11.5 Å². The molecular weight excluding hydrogens is 243 g/mol. The zero-order valence-electron chi connectivity index (χ0n) is 9.65. The summed E-state index contributed by atoms with van der Waals surface area (Å²) in [7, 11) is -3.74. The largest absolute Gasteiger partial charge is 0.296 e. The molecule has 94 valence electrons. The van der Waals surface area contributed by atoms with Crippen LogP contribution in [0.3, 0.4) is 0 Å². The lowest BCUT2D eigenvalue weighted by Crippen LogP contribution is -2.11. The molecule has 0 aromatic heterocycles. The van der Waals surface area contributed by atoms with E-state index in [0.29, 0.717) is 12.8 Å². The second kappa shape index (κ2) is 4.38. The quantitative estimate of drug-likeness (QED) is 0.762. The van der Waals surface area contributed by atoms with Gasteiger partial charge in [-0.25, -0.2) is 4.39 Å². The van der Waals surface area contributed by atoms with Crippen molar-refractivity contribution < 1.29 is 17.0 Å². The van der Waals surface area contributed by atoms with Crippen LogP contribution in [-0.4, -0.2) is 20.7 Å². The first-order chi connectivity index (χ1) is 7.91. The fourth-order valence-corrected chi connectivity index (χ4v) is 2.40. The topological polar surface area (TPSA) is 43.4 Å². The predicted octanol–water partition coefficient (Wildman–Crippen LogP) is 2.59. The zero-order chi connectivity index (χ0) is 12.5. The van der Waals surface area contributed by atoms with Crippen LogP contribution in [0.2, 0.25) is 0 Å². The Kier molecular flexibility index (Phi) is 3.23. The Labute approximate surface area is 101 Å². The molecule has 1 aromatic rings. The van der Waals surface area contributed by atoms with Crippen LogP contribution in [-0.2, 0) is 14.3 Å². The summed E-state index contributed by atoms with van der Waals surface area (Å²) in [5, 5.41) is 0. The maximum absolute atomic E-state index is 13.3. The number of halogens is 1. The molecule has 0 saturated heterocycles. The second-order valence-electron chi connectivity index (χ2n) is 4.49. The molecule has 0 atom stereocenters. The van der Waals surface area contributed by atoms with Crippen LogP contribution >= 0.6 is 0 Å². The molecule has 5 heteroatoms. The highest BCUT2D eigenvalue weighted by Gasteiger charge is 2.42. The van der Waals surface area contributed by atoms with Gasteiger partial charge in [0.2, 0.25) is 0 Å². The third-order valence-corrected chi connectivity index (χ3v) is 4.22. The van der Waals surface area contributed by atoms with Gasteiger partial charge >= 0.3 is 0 Å². The first kappa shape index (κ1) is 12.5. The maximum Gasteiger partial charge on any atom is 0.296 e. The van der Waals surface area contributed by atoms with Gasteiger partial charge in [0.25, 0.3) is 10.1 Å². The van der Waals surface area contributed by atoms with Crippen molar-refractivity contribution >= 4 is 10.1 Å². The van der Waals surface area contributed by atoms with E-state index in [-0.39, 0.29) is 17.9 Å². The third kappa shape index (κ3) is 3.26. The third-order valence-electron chi connectivity index (χ3n) is 2.89. The lowest BCUT2D eigenvalue weighted by Gasteiger charge is -2.07. The van der Waals surface area contributed by atoms with E-state index in [9.17, 15) is 12.8 Å². The maximum atomic E-state index is 13.3. The summed E-state index contributed by atoms with van der Waals surface area (Å²) in [4.78, 5) is 0.117. The molecule has 0 bridgehead atoms. The number of rotatable bonds is 5. The Morgan fingerprint density at radius 2 is 1.88 bits per heavy atom. The molecular formula is C12H15FO3S. The van der Waals surface area contributed by atoms with E-state index in [1.807, 2.05) is 6.92 Å². The van der Waals surface area contributed by atoms with E-state index in [0.717, 1.165) is 5.56 Å². The van der Waals surface area contributed by atoms with Gasteiger partial charge in [-0.2, -0.15) is 8.42 Å². The summed E-state index contributed by atoms with van der Waals surface area (Å²) < 4.78 is 41.5. The summed E-state index contributed by atoms with van der Waals surface area (Å²) in [5.74, 6) is 0. The molecule has 0 aliphatic heterocycles. The molecule has 1 aliphatic carbocycles. The average Bonchev–Trinajstić information content (AvgIpc) is 2.97. The van der Waals surface area contributed by atoms with Gasteiger partial charge in [0, 0.05) is 6.42 Å². The molecule has 2 rings (SSSR count). The molecule has 1 aliphatic rings. The normalized spacial score (nSPS) is 18.0. The number of hydrogen-bond donors (Lipinski definition) is 0. The van der Waals surface area contributed by atoms with Crippen LogP contribution in [0.1, 0.15) is 24.8 Å². The molecule has 0 radical (unpaired) electrons. The smallest absolute Gasteiger partial charge is 0.266 e. The van der Waals surface area contributed by atoms with Crippen LogP contribution < -0.4 is 0 Å². The molecule has 3 nitrogen and oxygen atoms in total. The first-order valence-electron chi connectivity index (χ1n) is 5.56. The standard InChI is InChI=1S/C12H15FO3S/c1-10-2-4-11(5-3-10)17(14,15)16-9-8-12(13)6-7-12/h2-5H,6-9H2,1H3. The molecule has 1 fully saturated rings. The van der Waals surface area contributed by atoms with Crippen molar-refractivity contribution in [3.05, 3.63) is 29.8 Å². The predicted molar refractivity (Wildman–Crippen MR) is 62.0 cm³/mol. The molecule has 1 aromatic carbocycles. The van der Waals surface area contributed by atoms with Crippen LogP contribution in [0.4, 0.5) is 4.39 Å². The summed E-state index contributed by atoms with van der Waals surface area (Å²) >= 11 is 0. The van der Waals surface area contributed by atoms with Crippen LogP contribution in [0.25, 0.3) is 0 Å². The zero-order valence-corrected chi connectivity index (χ0v) is 10.5. The van der Waals surface area contributed by atoms with Crippen molar-refractivity contribution in [3.63, 3.8) is 0 Å². The van der Waals surface area contributed by atoms with Crippen molar-refractivity contribution in [1.29, 1.82) is 0 Å². The molecule has 0 heterocycles. The SMILES string of the molecule is Cc1ccc(S(=O)(=O)OCCC2(F)CC2)cc1. The van der Waals surface area contributed by atoms with Gasteiger partial charge < -0.3 is 0 Å². The minimum Gasteiger partial charge on any atom is -0.266 e. The Bertz CT molecular complexity index is 489. The number of benzene rings is 1. The number of hydrogen-bond acceptors (Lipinski definition) is 3. The fourth-order valence-electron chi connectivity index (χ4n) is 1.49. The van der Waals surface area contributed by atoms with Gasteiger partial charge in [-0.3, -0.25) is 4.18 Å². The van der Waals surface area contributed by atoms with E-state index in [4.69, 9.17) is 4.18 Å². The molecule has 0 amide bonds. The molecule has 0 spiro atoms. The highest BCUT2D eigenvalue weighted by molar-refractivity contribution is 7.86. The monoisotopic (exact) mass is 258 g/mol. The Hall–Kier alpha value is -0.940. The van der Waals surface area contributed by atoms with Crippen LogP contribution in [0.5, 0.6) is 0 Å². The molecule has 17 heavy (non-hydrogen) atoms. The lowest BCUT2D eigenvalue weighted by molar-refractivity contribution is 0.223. The van der Waals surface area contributed by atoms with E-state index in [2.05, 4.69) is 0 Å². The second-order valence-corrected chi connectivity index (χ2v) is 6.11. The van der Waals surface area contributed by atoms with Crippen LogP contribution in [0, 0.1) is 6.92 Å². The summed E-state index contributed by atoms with van der Waals surface area (Å²) in [6, 6.07) is 6.39. The molecule has 0 unspecified atom stereocenters. The van der Waals surface area contributed by atoms with E-state index < -0.39 is 15.8 Å². The van der Waals surface area contributed by atoms with E-state index in [1.165, 1.54) is 12.1 Å². The van der Waals surface area contributed by atoms with Crippen molar-refractivity contribution in [1.82, 2.24) is 0 Å². The minimum absolute atomic E-state index is 0.0906. The van der Waals surface area contributed by atoms with Crippen molar-refractivity contribution in [2.45, 2.75) is 36.8 Å². The first-order valence-corrected chi connectivity index (χ1v) is 6.97. The minimum atomic E-state index is -3.74. The van der Waals surface area contributed by atoms with Gasteiger partial charge in [0.1, 0.15) is 5.67 Å². The van der Waals surface area contributed by atoms with E-state index in [1.54, 1.807) is 12.1 Å². The summed E-state index contributed by atoms with van der Waals surface area (Å²) in [6.45, 7) is 1.78. The highest BCUT2D eigenvalue weighted by Crippen LogP contribution is 2.42. The van der Waals surface area contributed by atoms with Crippen LogP contribution in [0.15, 0.2) is 29.2 Å². The number of alkyl halides is 1. The van der Waals surface area contributed by atoms with Gasteiger partial charge in [-0.1, -0.05) is 17.7 Å². The Balaban J connectivity index is 1.96. The van der Waals surface area contributed by atoms with Gasteiger partial charge in [0.15, 0.2) is 0 Å². The van der Waals surface area contributed by atoms with E-state index >= 15 is 0 Å². The fraction of sp³-hybridized carbons (Fsp3) is 0.500. The lowest BCUT2D eigenvalue weighted by atomic mass is 10.2. The Morgan fingerprint density at radius 1 is 1.29 bits per heavy atom. The van der Waals surface area contributed by atoms with Gasteiger partial charge in [-0.15, -0.1) is 0 Å². The van der Waals surface area contributed by atoms with Crippen molar-refractivity contribution in [3.8, 4) is 0 Å². The van der Waals surface area contributed by atoms with Gasteiger partial charge in [-0.05, 0) is 31.9 Å².